The smallest absolute Gasteiger partial charge is 0.325 e. The molecule has 0 aliphatic rings. The lowest BCUT2D eigenvalue weighted by molar-refractivity contribution is -0.384. The molecule has 0 N–H and O–H groups in total. The predicted octanol–water partition coefficient (Wildman–Crippen LogP) is 2.46. The molecule has 1 heterocycles. The van der Waals surface area contributed by atoms with E-state index < -0.39 is 16.8 Å². The normalized spacial score (nSPS) is 11.4. The first-order chi connectivity index (χ1) is 13.9. The minimum atomic E-state index is -0.555. The van der Waals surface area contributed by atoms with Crippen molar-refractivity contribution in [3.8, 4) is 5.75 Å². The fourth-order valence-corrected chi connectivity index (χ4v) is 3.69. The van der Waals surface area contributed by atoms with Gasteiger partial charge >= 0.3 is 5.97 Å². The molecule has 0 unspecified atom stereocenters. The largest absolute Gasteiger partial charge is 0.497 e. The molecule has 0 fully saturated rings. The zero-order valence-corrected chi connectivity index (χ0v) is 16.5. The molecule has 9 nitrogen and oxygen atoms in total. The van der Waals surface area contributed by atoms with Crippen LogP contribution in [0, 0.1) is 10.1 Å². The number of hydrogen-bond donors (Lipinski definition) is 0. The summed E-state index contributed by atoms with van der Waals surface area (Å²) in [5.41, 5.74) is 1.08. The molecule has 0 spiro atoms. The second-order valence-electron chi connectivity index (χ2n) is 5.99. The molecule has 150 valence electrons. The average Bonchev–Trinajstić information content (AvgIpc) is 3.04. The lowest BCUT2D eigenvalue weighted by Crippen LogP contribution is -2.22. The van der Waals surface area contributed by atoms with Gasteiger partial charge in [-0.15, -0.1) is 0 Å². The van der Waals surface area contributed by atoms with Crippen molar-refractivity contribution in [2.45, 2.75) is 13.0 Å². The first kappa shape index (κ1) is 20.2. The average molecular weight is 415 g/mol. The van der Waals surface area contributed by atoms with Gasteiger partial charge in [0.25, 0.3) is 11.6 Å². The Hall–Kier alpha value is -3.53. The van der Waals surface area contributed by atoms with Crippen molar-refractivity contribution in [2.75, 3.05) is 14.2 Å². The fourth-order valence-electron chi connectivity index (χ4n) is 2.67. The number of methoxy groups -OCH3 is 2. The molecule has 0 aliphatic carbocycles. The first-order valence-corrected chi connectivity index (χ1v) is 9.28. The van der Waals surface area contributed by atoms with Crippen molar-refractivity contribution in [3.63, 3.8) is 0 Å². The Morgan fingerprint density at radius 1 is 1.17 bits per heavy atom. The number of amides is 1. The molecule has 0 saturated heterocycles. The number of fused-ring (bicyclic) bond motifs is 1. The number of nitro groups is 1. The summed E-state index contributed by atoms with van der Waals surface area (Å²) in [7, 11) is 2.80. The molecule has 0 bridgehead atoms. The summed E-state index contributed by atoms with van der Waals surface area (Å²) in [5, 5.41) is 11.1. The number of non-ortho nitro benzene ring substituents is 1. The Morgan fingerprint density at radius 2 is 1.90 bits per heavy atom. The third-order valence-corrected chi connectivity index (χ3v) is 5.19. The Bertz CT molecular complexity index is 1150. The van der Waals surface area contributed by atoms with Gasteiger partial charge in [-0.25, -0.2) is 0 Å². The van der Waals surface area contributed by atoms with Crippen LogP contribution in [0.2, 0.25) is 0 Å². The van der Waals surface area contributed by atoms with Crippen molar-refractivity contribution < 1.29 is 24.0 Å². The maximum absolute atomic E-state index is 12.5. The van der Waals surface area contributed by atoms with E-state index in [9.17, 15) is 19.7 Å². The second-order valence-corrected chi connectivity index (χ2v) is 7.00. The fraction of sp³-hybridized carbons (Fsp3) is 0.211. The van der Waals surface area contributed by atoms with Crippen LogP contribution in [0.5, 0.6) is 5.75 Å². The number of ether oxygens (including phenoxy) is 2. The van der Waals surface area contributed by atoms with Gasteiger partial charge in [-0.3, -0.25) is 19.7 Å². The molecular formula is C19H17N3O6S. The Kier molecular flexibility index (Phi) is 6.03. The van der Waals surface area contributed by atoms with Gasteiger partial charge < -0.3 is 14.0 Å². The number of esters is 1. The molecule has 1 amide bonds. The molecule has 0 saturated carbocycles. The first-order valence-electron chi connectivity index (χ1n) is 8.46. The van der Waals surface area contributed by atoms with E-state index in [2.05, 4.69) is 4.99 Å². The van der Waals surface area contributed by atoms with E-state index >= 15 is 0 Å². The molecule has 10 heteroatoms. The van der Waals surface area contributed by atoms with Crippen molar-refractivity contribution in [1.29, 1.82) is 0 Å². The highest BCUT2D eigenvalue weighted by atomic mass is 32.1. The van der Waals surface area contributed by atoms with Gasteiger partial charge in [-0.05, 0) is 23.8 Å². The van der Waals surface area contributed by atoms with E-state index in [-0.39, 0.29) is 23.5 Å². The summed E-state index contributed by atoms with van der Waals surface area (Å²) < 4.78 is 11.9. The number of aromatic nitrogens is 1. The van der Waals surface area contributed by atoms with Gasteiger partial charge in [0.1, 0.15) is 12.3 Å². The van der Waals surface area contributed by atoms with Gasteiger partial charge in [0.2, 0.25) is 0 Å². The number of carbonyl (C=O) groups is 2. The van der Waals surface area contributed by atoms with E-state index in [0.717, 1.165) is 5.56 Å². The van der Waals surface area contributed by atoms with Gasteiger partial charge in [0, 0.05) is 12.1 Å². The highest BCUT2D eigenvalue weighted by molar-refractivity contribution is 7.16. The summed E-state index contributed by atoms with van der Waals surface area (Å²) in [6.45, 7) is -0.216. The SMILES string of the molecule is COC(=O)Cn1c(=NC(=O)Cc2ccc(OC)cc2)sc2ccc([N+](=O)[O-])cc21. The lowest BCUT2D eigenvalue weighted by Gasteiger charge is -2.04. The van der Waals surface area contributed by atoms with Crippen LogP contribution in [0.3, 0.4) is 0 Å². The quantitative estimate of drug-likeness (QED) is 0.347. The molecule has 3 aromatic rings. The number of hydrogen-bond acceptors (Lipinski definition) is 7. The third kappa shape index (κ3) is 4.66. The van der Waals surface area contributed by atoms with E-state index in [0.29, 0.717) is 16.0 Å². The van der Waals surface area contributed by atoms with Crippen molar-refractivity contribution in [1.82, 2.24) is 4.57 Å². The number of thiazole rings is 1. The number of carbonyl (C=O) groups excluding carboxylic acids is 2. The van der Waals surface area contributed by atoms with Crippen LogP contribution in [-0.4, -0.2) is 35.6 Å². The Labute approximate surface area is 169 Å². The van der Waals surface area contributed by atoms with Gasteiger partial charge in [0.15, 0.2) is 4.80 Å². The summed E-state index contributed by atoms with van der Waals surface area (Å²) in [6, 6.07) is 11.3. The van der Waals surface area contributed by atoms with E-state index in [1.807, 2.05) is 0 Å². The van der Waals surface area contributed by atoms with Crippen LogP contribution in [0.4, 0.5) is 5.69 Å². The van der Waals surface area contributed by atoms with Crippen molar-refractivity contribution >= 4 is 39.1 Å². The van der Waals surface area contributed by atoms with Crippen molar-refractivity contribution in [2.24, 2.45) is 4.99 Å². The van der Waals surface area contributed by atoms with Gasteiger partial charge in [-0.1, -0.05) is 23.5 Å². The zero-order chi connectivity index (χ0) is 21.0. The maximum Gasteiger partial charge on any atom is 0.325 e. The molecular weight excluding hydrogens is 398 g/mol. The molecule has 0 radical (unpaired) electrons. The summed E-state index contributed by atoms with van der Waals surface area (Å²) in [4.78, 5) is 39.3. The molecule has 0 aliphatic heterocycles. The van der Waals surface area contributed by atoms with Gasteiger partial charge in [0.05, 0.1) is 35.8 Å². The lowest BCUT2D eigenvalue weighted by atomic mass is 10.1. The Balaban J connectivity index is 2.01. The maximum atomic E-state index is 12.5. The number of benzene rings is 2. The van der Waals surface area contributed by atoms with E-state index in [1.54, 1.807) is 37.4 Å². The van der Waals surface area contributed by atoms with Crippen LogP contribution in [0.1, 0.15) is 5.56 Å². The van der Waals surface area contributed by atoms with Crippen LogP contribution in [0.25, 0.3) is 10.2 Å². The molecule has 3 rings (SSSR count). The third-order valence-electron chi connectivity index (χ3n) is 4.13. The van der Waals surface area contributed by atoms with E-state index in [1.165, 1.54) is 35.1 Å². The summed E-state index contributed by atoms with van der Waals surface area (Å²) in [6.07, 6.45) is 0.0661. The predicted molar refractivity (Wildman–Crippen MR) is 106 cm³/mol. The van der Waals surface area contributed by atoms with Crippen LogP contribution >= 0.6 is 11.3 Å². The minimum Gasteiger partial charge on any atom is -0.497 e. The van der Waals surface area contributed by atoms with Crippen LogP contribution in [0.15, 0.2) is 47.5 Å². The van der Waals surface area contributed by atoms with Crippen LogP contribution < -0.4 is 9.54 Å². The summed E-state index contributed by atoms with van der Waals surface area (Å²) in [5.74, 6) is -0.282. The Morgan fingerprint density at radius 3 is 2.52 bits per heavy atom. The minimum absolute atomic E-state index is 0.0661. The molecule has 2 aromatic carbocycles. The standard InChI is InChI=1S/C19H17N3O6S/c1-27-14-6-3-12(4-7-14)9-17(23)20-19-21(11-18(24)28-2)15-10-13(22(25)26)5-8-16(15)29-19/h3-8,10H,9,11H2,1-2H3. The molecule has 1 aromatic heterocycles. The zero-order valence-electron chi connectivity index (χ0n) is 15.7. The van der Waals surface area contributed by atoms with Gasteiger partial charge in [-0.2, -0.15) is 4.99 Å². The molecule has 0 atom stereocenters. The van der Waals surface area contributed by atoms with E-state index in [4.69, 9.17) is 9.47 Å². The number of rotatable bonds is 6. The number of nitro benzene ring substituents is 1. The highest BCUT2D eigenvalue weighted by Crippen LogP contribution is 2.23. The topological polar surface area (TPSA) is 113 Å². The number of nitrogens with zero attached hydrogens (tertiary/aromatic N) is 3. The highest BCUT2D eigenvalue weighted by Gasteiger charge is 2.15. The van der Waals surface area contributed by atoms with Crippen molar-refractivity contribution in [3.05, 3.63) is 62.9 Å². The second kappa shape index (κ2) is 8.65. The molecule has 29 heavy (non-hydrogen) atoms. The summed E-state index contributed by atoms with van der Waals surface area (Å²) >= 11 is 1.17. The van der Waals surface area contributed by atoms with Crippen LogP contribution in [-0.2, 0) is 27.3 Å². The monoisotopic (exact) mass is 415 g/mol.